The predicted molar refractivity (Wildman–Crippen MR) is 106 cm³/mol. The molecule has 0 spiro atoms. The van der Waals surface area contributed by atoms with Gasteiger partial charge in [-0.3, -0.25) is 0 Å². The number of nitrogen functional groups attached to an aromatic ring is 1. The molecule has 1 heterocycles. The molecule has 0 saturated heterocycles. The molecule has 3 rings (SSSR count). The summed E-state index contributed by atoms with van der Waals surface area (Å²) >= 11 is 0. The summed E-state index contributed by atoms with van der Waals surface area (Å²) in [5.41, 5.74) is 10.6. The van der Waals surface area contributed by atoms with Crippen LogP contribution in [0.15, 0.2) is 42.5 Å². The van der Waals surface area contributed by atoms with Gasteiger partial charge in [-0.05, 0) is 49.2 Å². The number of aryl methyl sites for hydroxylation is 2. The monoisotopic (exact) mass is 355 g/mol. The van der Waals surface area contributed by atoms with Gasteiger partial charge in [0.15, 0.2) is 5.69 Å². The van der Waals surface area contributed by atoms with Crippen LogP contribution in [0, 0.1) is 31.8 Å². The van der Waals surface area contributed by atoms with E-state index in [0.29, 0.717) is 28.8 Å². The smallest absolute Gasteiger partial charge is 0.231 e. The molecule has 27 heavy (non-hydrogen) atoms. The lowest BCUT2D eigenvalue weighted by Gasteiger charge is -2.14. The SMILES string of the molecule is [C-]#[N+]c1ccc(Nc2nc(N)cc(Nc3c(C)cc(C#N)cc3C)n2)cc1. The number of nitrogens with zero attached hydrogens (tertiary/aromatic N) is 4. The Balaban J connectivity index is 1.88. The molecule has 3 aromatic rings. The first-order valence-electron chi connectivity index (χ1n) is 8.16. The van der Waals surface area contributed by atoms with Crippen molar-refractivity contribution in [3.63, 3.8) is 0 Å². The molecule has 0 atom stereocenters. The van der Waals surface area contributed by atoms with E-state index in [-0.39, 0.29) is 0 Å². The second kappa shape index (κ2) is 7.42. The highest BCUT2D eigenvalue weighted by molar-refractivity contribution is 5.69. The fourth-order valence-corrected chi connectivity index (χ4v) is 2.69. The van der Waals surface area contributed by atoms with E-state index in [1.807, 2.05) is 26.0 Å². The van der Waals surface area contributed by atoms with Crippen molar-refractivity contribution >= 4 is 34.6 Å². The van der Waals surface area contributed by atoms with Crippen molar-refractivity contribution in [1.82, 2.24) is 9.97 Å². The van der Waals surface area contributed by atoms with Crippen molar-refractivity contribution < 1.29 is 0 Å². The van der Waals surface area contributed by atoms with E-state index in [9.17, 15) is 0 Å². The normalized spacial score (nSPS) is 9.93. The lowest BCUT2D eigenvalue weighted by molar-refractivity contribution is 1.17. The number of benzene rings is 2. The number of aromatic nitrogens is 2. The largest absolute Gasteiger partial charge is 0.383 e. The summed E-state index contributed by atoms with van der Waals surface area (Å²) in [5, 5.41) is 15.4. The van der Waals surface area contributed by atoms with Gasteiger partial charge in [0.25, 0.3) is 0 Å². The third-order valence-electron chi connectivity index (χ3n) is 3.91. The Morgan fingerprint density at radius 2 is 1.70 bits per heavy atom. The number of hydrogen-bond acceptors (Lipinski definition) is 6. The number of nitrogens with two attached hydrogens (primary N) is 1. The zero-order chi connectivity index (χ0) is 19.4. The highest BCUT2D eigenvalue weighted by Gasteiger charge is 2.09. The molecule has 2 aromatic carbocycles. The third-order valence-corrected chi connectivity index (χ3v) is 3.91. The lowest BCUT2D eigenvalue weighted by atomic mass is 10.0. The minimum atomic E-state index is 0.316. The molecule has 0 fully saturated rings. The van der Waals surface area contributed by atoms with Crippen LogP contribution in [-0.4, -0.2) is 9.97 Å². The Bertz CT molecular complexity index is 1050. The second-order valence-electron chi connectivity index (χ2n) is 6.01. The van der Waals surface area contributed by atoms with Gasteiger partial charge >= 0.3 is 0 Å². The second-order valence-corrected chi connectivity index (χ2v) is 6.01. The van der Waals surface area contributed by atoms with Crippen molar-refractivity contribution in [2.45, 2.75) is 13.8 Å². The molecule has 4 N–H and O–H groups in total. The fourth-order valence-electron chi connectivity index (χ4n) is 2.69. The number of hydrogen-bond donors (Lipinski definition) is 3. The Labute approximate surface area is 157 Å². The Morgan fingerprint density at radius 1 is 1.04 bits per heavy atom. The van der Waals surface area contributed by atoms with E-state index in [4.69, 9.17) is 17.6 Å². The van der Waals surface area contributed by atoms with Gasteiger partial charge in [-0.2, -0.15) is 15.2 Å². The average molecular weight is 355 g/mol. The Kier molecular flexibility index (Phi) is 4.87. The van der Waals surface area contributed by atoms with E-state index in [1.165, 1.54) is 0 Å². The maximum absolute atomic E-state index is 9.08. The van der Waals surface area contributed by atoms with Crippen molar-refractivity contribution in [3.05, 3.63) is 70.6 Å². The minimum Gasteiger partial charge on any atom is -0.383 e. The minimum absolute atomic E-state index is 0.316. The van der Waals surface area contributed by atoms with E-state index in [0.717, 1.165) is 22.5 Å². The molecule has 0 aliphatic carbocycles. The molecule has 132 valence electrons. The standard InChI is InChI=1S/C20H17N7/c1-12-8-14(11-21)9-13(2)19(12)26-18-10-17(22)25-20(27-18)24-16-6-4-15(23-3)5-7-16/h4-10H,1-2H3,(H4,22,24,25,26,27). The van der Waals surface area contributed by atoms with Crippen LogP contribution < -0.4 is 16.4 Å². The highest BCUT2D eigenvalue weighted by atomic mass is 15.2. The molecule has 0 radical (unpaired) electrons. The number of rotatable bonds is 4. The van der Waals surface area contributed by atoms with E-state index < -0.39 is 0 Å². The molecule has 1 aromatic heterocycles. The first-order chi connectivity index (χ1) is 13.0. The van der Waals surface area contributed by atoms with Crippen LogP contribution in [0.2, 0.25) is 0 Å². The van der Waals surface area contributed by atoms with E-state index >= 15 is 0 Å². The van der Waals surface area contributed by atoms with Crippen LogP contribution >= 0.6 is 0 Å². The number of nitriles is 1. The zero-order valence-electron chi connectivity index (χ0n) is 14.9. The number of nitrogens with one attached hydrogen (secondary N) is 2. The molecule has 0 amide bonds. The van der Waals surface area contributed by atoms with Crippen LogP contribution in [0.1, 0.15) is 16.7 Å². The van der Waals surface area contributed by atoms with E-state index in [1.54, 1.807) is 30.3 Å². The summed E-state index contributed by atoms with van der Waals surface area (Å²) in [6.07, 6.45) is 0. The molecule has 7 heteroatoms. The van der Waals surface area contributed by atoms with Crippen LogP contribution in [0.3, 0.4) is 0 Å². The van der Waals surface area contributed by atoms with Gasteiger partial charge in [-0.15, -0.1) is 0 Å². The number of anilines is 5. The Hall–Kier alpha value is -4.10. The molecule has 0 unspecified atom stereocenters. The van der Waals surface area contributed by atoms with Crippen molar-refractivity contribution in [3.8, 4) is 6.07 Å². The van der Waals surface area contributed by atoms with Gasteiger partial charge in [-0.25, -0.2) is 4.85 Å². The summed E-state index contributed by atoms with van der Waals surface area (Å²) in [6, 6.07) is 14.4. The van der Waals surface area contributed by atoms with Gasteiger partial charge in [0.1, 0.15) is 11.6 Å². The van der Waals surface area contributed by atoms with Crippen molar-refractivity contribution in [2.75, 3.05) is 16.4 Å². The molecular formula is C20H17N7. The predicted octanol–water partition coefficient (Wildman–Crippen LogP) is 4.59. The molecule has 0 aliphatic rings. The summed E-state index contributed by atoms with van der Waals surface area (Å²) < 4.78 is 0. The van der Waals surface area contributed by atoms with Crippen LogP contribution in [-0.2, 0) is 0 Å². The van der Waals surface area contributed by atoms with Gasteiger partial charge in [0.2, 0.25) is 5.95 Å². The summed E-state index contributed by atoms with van der Waals surface area (Å²) in [4.78, 5) is 12.0. The Morgan fingerprint density at radius 3 is 2.30 bits per heavy atom. The first kappa shape index (κ1) is 17.7. The van der Waals surface area contributed by atoms with Crippen LogP contribution in [0.5, 0.6) is 0 Å². The maximum atomic E-state index is 9.08. The summed E-state index contributed by atoms with van der Waals surface area (Å²) in [5.74, 6) is 1.20. The van der Waals surface area contributed by atoms with Gasteiger partial charge in [0.05, 0.1) is 18.2 Å². The first-order valence-corrected chi connectivity index (χ1v) is 8.16. The lowest BCUT2D eigenvalue weighted by Crippen LogP contribution is -2.05. The fraction of sp³-hybridized carbons (Fsp3) is 0.100. The third kappa shape index (κ3) is 4.12. The van der Waals surface area contributed by atoms with Gasteiger partial charge in [-0.1, -0.05) is 12.1 Å². The zero-order valence-corrected chi connectivity index (χ0v) is 14.9. The topological polar surface area (TPSA) is 104 Å². The summed E-state index contributed by atoms with van der Waals surface area (Å²) in [7, 11) is 0. The maximum Gasteiger partial charge on any atom is 0.231 e. The summed E-state index contributed by atoms with van der Waals surface area (Å²) in [6.45, 7) is 10.9. The van der Waals surface area contributed by atoms with Gasteiger partial charge in [0, 0.05) is 17.4 Å². The molecule has 0 saturated carbocycles. The van der Waals surface area contributed by atoms with Crippen molar-refractivity contribution in [2.24, 2.45) is 0 Å². The van der Waals surface area contributed by atoms with E-state index in [2.05, 4.69) is 31.5 Å². The quantitative estimate of drug-likeness (QED) is 0.592. The highest BCUT2D eigenvalue weighted by Crippen LogP contribution is 2.27. The molecule has 7 nitrogen and oxygen atoms in total. The molecule has 0 aliphatic heterocycles. The van der Waals surface area contributed by atoms with Crippen LogP contribution in [0.25, 0.3) is 4.85 Å². The van der Waals surface area contributed by atoms with Crippen molar-refractivity contribution in [1.29, 1.82) is 5.26 Å². The molecule has 0 bridgehead atoms. The average Bonchev–Trinajstić information content (AvgIpc) is 2.64. The van der Waals surface area contributed by atoms with Gasteiger partial charge < -0.3 is 16.4 Å². The molecular weight excluding hydrogens is 338 g/mol. The van der Waals surface area contributed by atoms with Crippen LogP contribution in [0.4, 0.5) is 34.6 Å².